The first-order valence-corrected chi connectivity index (χ1v) is 5.08. The number of hydrogen-bond donors (Lipinski definition) is 3. The Morgan fingerprint density at radius 2 is 1.68 bits per heavy atom. The average molecular weight is 278 g/mol. The number of nitrogens with two attached hydrogens (primary N) is 1. The van der Waals surface area contributed by atoms with E-state index >= 15 is 0 Å². The molecule has 1 aromatic rings. The quantitative estimate of drug-likeness (QED) is 0.765. The number of carbonyl (C=O) groups is 2. The number of aliphatic carboxylic acids is 1. The van der Waals surface area contributed by atoms with Crippen LogP contribution in [0.1, 0.15) is 5.56 Å². The fraction of sp³-hybridized carbons (Fsp3) is 0.273. The lowest BCUT2D eigenvalue weighted by Crippen LogP contribution is -2.29. The Morgan fingerprint density at radius 1 is 1.21 bits per heavy atom. The summed E-state index contributed by atoms with van der Waals surface area (Å²) >= 11 is 0. The molecule has 0 heterocycles. The Balaban J connectivity index is 0.000000399. The van der Waals surface area contributed by atoms with Gasteiger partial charge in [-0.25, -0.2) is 4.79 Å². The van der Waals surface area contributed by atoms with Crippen molar-refractivity contribution in [2.24, 2.45) is 5.73 Å². The number of amides is 1. The molecule has 0 unspecified atom stereocenters. The number of carbonyl (C=O) groups excluding carboxylic acids is 1. The minimum absolute atomic E-state index is 0.0484. The summed E-state index contributed by atoms with van der Waals surface area (Å²) in [5, 5.41) is 9.81. The zero-order valence-electron chi connectivity index (χ0n) is 9.78. The SMILES string of the molecule is NCC(=O)NCc1ccccc1.O=C(O)C(F)(F)F. The maximum Gasteiger partial charge on any atom is 0.490 e. The van der Waals surface area contributed by atoms with Crippen molar-refractivity contribution in [3.05, 3.63) is 35.9 Å². The zero-order valence-corrected chi connectivity index (χ0v) is 9.78. The fourth-order valence-corrected chi connectivity index (χ4v) is 0.869. The maximum atomic E-state index is 10.7. The molecule has 5 nitrogen and oxygen atoms in total. The van der Waals surface area contributed by atoms with Gasteiger partial charge in [0.05, 0.1) is 6.54 Å². The van der Waals surface area contributed by atoms with E-state index in [0.29, 0.717) is 6.54 Å². The first kappa shape index (κ1) is 16.9. The molecule has 8 heteroatoms. The number of benzene rings is 1. The molecule has 4 N–H and O–H groups in total. The van der Waals surface area contributed by atoms with Crippen LogP contribution in [0.5, 0.6) is 0 Å². The van der Waals surface area contributed by atoms with Gasteiger partial charge in [-0.05, 0) is 5.56 Å². The molecule has 0 fully saturated rings. The standard InChI is InChI=1S/C9H12N2O.C2HF3O2/c10-6-9(12)11-7-8-4-2-1-3-5-8;3-2(4,5)1(6)7/h1-5H,6-7,10H2,(H,11,12);(H,6,7). The van der Waals surface area contributed by atoms with Crippen LogP contribution in [0.4, 0.5) is 13.2 Å². The fourth-order valence-electron chi connectivity index (χ4n) is 0.869. The summed E-state index contributed by atoms with van der Waals surface area (Å²) in [4.78, 5) is 19.6. The number of alkyl halides is 3. The molecule has 0 saturated carbocycles. The second-order valence-electron chi connectivity index (χ2n) is 3.27. The van der Waals surface area contributed by atoms with E-state index < -0.39 is 12.1 Å². The predicted molar refractivity (Wildman–Crippen MR) is 61.0 cm³/mol. The molecule has 0 aliphatic rings. The monoisotopic (exact) mass is 278 g/mol. The lowest BCUT2D eigenvalue weighted by atomic mass is 10.2. The van der Waals surface area contributed by atoms with Crippen LogP contribution < -0.4 is 11.1 Å². The summed E-state index contributed by atoms with van der Waals surface area (Å²) in [7, 11) is 0. The van der Waals surface area contributed by atoms with E-state index in [9.17, 15) is 18.0 Å². The minimum Gasteiger partial charge on any atom is -0.475 e. The molecule has 1 amide bonds. The highest BCUT2D eigenvalue weighted by atomic mass is 19.4. The third-order valence-electron chi connectivity index (χ3n) is 1.76. The summed E-state index contributed by atoms with van der Waals surface area (Å²) in [5.41, 5.74) is 6.21. The van der Waals surface area contributed by atoms with Crippen LogP contribution in [0.25, 0.3) is 0 Å². The molecule has 1 aromatic carbocycles. The van der Waals surface area contributed by atoms with Crippen molar-refractivity contribution in [2.45, 2.75) is 12.7 Å². The van der Waals surface area contributed by atoms with E-state index in [2.05, 4.69) is 5.32 Å². The van der Waals surface area contributed by atoms with Gasteiger partial charge in [0.2, 0.25) is 5.91 Å². The second-order valence-corrected chi connectivity index (χ2v) is 3.27. The summed E-state index contributed by atoms with van der Waals surface area (Å²) in [6.45, 7) is 0.601. The molecular formula is C11H13F3N2O3. The summed E-state index contributed by atoms with van der Waals surface area (Å²) in [5.74, 6) is -2.88. The van der Waals surface area contributed by atoms with Crippen molar-refractivity contribution in [1.82, 2.24) is 5.32 Å². The number of hydrogen-bond acceptors (Lipinski definition) is 3. The largest absolute Gasteiger partial charge is 0.490 e. The van der Waals surface area contributed by atoms with E-state index in [0.717, 1.165) is 5.56 Å². The number of rotatable bonds is 3. The molecule has 0 saturated heterocycles. The topological polar surface area (TPSA) is 92.4 Å². The summed E-state index contributed by atoms with van der Waals surface area (Å²) in [6, 6.07) is 9.72. The van der Waals surface area contributed by atoms with Gasteiger partial charge in [-0.3, -0.25) is 4.79 Å². The molecule has 0 aromatic heterocycles. The molecule has 0 radical (unpaired) electrons. The molecule has 0 atom stereocenters. The summed E-state index contributed by atoms with van der Waals surface area (Å²) < 4.78 is 31.7. The van der Waals surface area contributed by atoms with Gasteiger partial charge < -0.3 is 16.2 Å². The highest BCUT2D eigenvalue weighted by molar-refractivity contribution is 5.77. The first-order chi connectivity index (χ1) is 8.77. The number of carboxylic acids is 1. The Bertz CT molecular complexity index is 407. The second kappa shape index (κ2) is 8.09. The Labute approximate surface area is 107 Å². The van der Waals surface area contributed by atoms with Crippen LogP contribution in [-0.2, 0) is 16.1 Å². The minimum atomic E-state index is -5.08. The van der Waals surface area contributed by atoms with Crippen LogP contribution >= 0.6 is 0 Å². The number of nitrogens with one attached hydrogen (secondary N) is 1. The lowest BCUT2D eigenvalue weighted by Gasteiger charge is -2.02. The third-order valence-corrected chi connectivity index (χ3v) is 1.76. The average Bonchev–Trinajstić information content (AvgIpc) is 2.36. The van der Waals surface area contributed by atoms with Crippen molar-refractivity contribution in [1.29, 1.82) is 0 Å². The van der Waals surface area contributed by atoms with Crippen LogP contribution in [0.2, 0.25) is 0 Å². The van der Waals surface area contributed by atoms with E-state index in [-0.39, 0.29) is 12.5 Å². The van der Waals surface area contributed by atoms with E-state index in [1.165, 1.54) is 0 Å². The highest BCUT2D eigenvalue weighted by Crippen LogP contribution is 2.13. The lowest BCUT2D eigenvalue weighted by molar-refractivity contribution is -0.192. The normalized spacial score (nSPS) is 10.1. The first-order valence-electron chi connectivity index (χ1n) is 5.08. The van der Waals surface area contributed by atoms with Gasteiger partial charge in [0.15, 0.2) is 0 Å². The van der Waals surface area contributed by atoms with Crippen LogP contribution in [-0.4, -0.2) is 29.7 Å². The van der Waals surface area contributed by atoms with Gasteiger partial charge in [-0.15, -0.1) is 0 Å². The molecule has 0 aliphatic carbocycles. The molecule has 0 spiro atoms. The van der Waals surface area contributed by atoms with Crippen molar-refractivity contribution in [2.75, 3.05) is 6.54 Å². The van der Waals surface area contributed by atoms with Crippen molar-refractivity contribution in [3.63, 3.8) is 0 Å². The van der Waals surface area contributed by atoms with Crippen LogP contribution in [0.15, 0.2) is 30.3 Å². The molecule has 19 heavy (non-hydrogen) atoms. The Kier molecular flexibility index (Phi) is 7.20. The van der Waals surface area contributed by atoms with Crippen molar-refractivity contribution < 1.29 is 27.9 Å². The Morgan fingerprint density at radius 3 is 2.05 bits per heavy atom. The molecule has 1 rings (SSSR count). The van der Waals surface area contributed by atoms with E-state index in [1.807, 2.05) is 30.3 Å². The molecule has 0 aliphatic heterocycles. The highest BCUT2D eigenvalue weighted by Gasteiger charge is 2.38. The van der Waals surface area contributed by atoms with E-state index in [1.54, 1.807) is 0 Å². The van der Waals surface area contributed by atoms with Gasteiger partial charge >= 0.3 is 12.1 Å². The van der Waals surface area contributed by atoms with Gasteiger partial charge in [-0.2, -0.15) is 13.2 Å². The van der Waals surface area contributed by atoms with Crippen molar-refractivity contribution >= 4 is 11.9 Å². The molecular weight excluding hydrogens is 265 g/mol. The third kappa shape index (κ3) is 8.61. The molecule has 106 valence electrons. The van der Waals surface area contributed by atoms with Crippen molar-refractivity contribution in [3.8, 4) is 0 Å². The summed E-state index contributed by atoms with van der Waals surface area (Å²) in [6.07, 6.45) is -5.08. The predicted octanol–water partition coefficient (Wildman–Crippen LogP) is 0.895. The van der Waals surface area contributed by atoms with Gasteiger partial charge in [-0.1, -0.05) is 30.3 Å². The maximum absolute atomic E-state index is 10.7. The van der Waals surface area contributed by atoms with Crippen LogP contribution in [0, 0.1) is 0 Å². The number of halogens is 3. The van der Waals surface area contributed by atoms with Gasteiger partial charge in [0, 0.05) is 6.54 Å². The molecule has 0 bridgehead atoms. The van der Waals surface area contributed by atoms with Gasteiger partial charge in [0.25, 0.3) is 0 Å². The zero-order chi connectivity index (χ0) is 14.9. The number of carboxylic acid groups (broad SMARTS) is 1. The Hall–Kier alpha value is -2.09. The van der Waals surface area contributed by atoms with E-state index in [4.69, 9.17) is 15.6 Å². The van der Waals surface area contributed by atoms with Crippen LogP contribution in [0.3, 0.4) is 0 Å². The smallest absolute Gasteiger partial charge is 0.475 e. The van der Waals surface area contributed by atoms with Gasteiger partial charge in [0.1, 0.15) is 0 Å².